The monoisotopic (exact) mass is 467 g/mol. The number of alkyl halides is 1. The number of halogens is 1. The molecule has 5 rings (SSSR count). The molecule has 178 valence electrons. The van der Waals surface area contributed by atoms with Crippen molar-refractivity contribution >= 4 is 11.0 Å². The van der Waals surface area contributed by atoms with Crippen LogP contribution in [0.3, 0.4) is 0 Å². The summed E-state index contributed by atoms with van der Waals surface area (Å²) >= 11 is 0. The molecule has 3 aromatic carbocycles. The maximum absolute atomic E-state index is 15.1. The third-order valence-corrected chi connectivity index (χ3v) is 7.01. The van der Waals surface area contributed by atoms with Crippen molar-refractivity contribution in [1.29, 1.82) is 0 Å². The zero-order chi connectivity index (χ0) is 24.9. The van der Waals surface area contributed by atoms with E-state index in [4.69, 9.17) is 15.1 Å². The lowest BCUT2D eigenvalue weighted by molar-refractivity contribution is 0.237. The molecule has 0 fully saturated rings. The standard InChI is InChI=1S/C29H30FN5/c1-18-11-10-12-19(2)27(18)35-28(32-21(4)33-35)23-15-25-26(16-24(23)29(5,6)20(3)30)34(17-31-25)22-13-8-7-9-14-22/h7-17,20H,1-6H3/t20-/m1/s1. The first-order valence-corrected chi connectivity index (χ1v) is 11.9. The van der Waals surface area contributed by atoms with Gasteiger partial charge in [0.15, 0.2) is 5.82 Å². The molecule has 0 unspecified atom stereocenters. The van der Waals surface area contributed by atoms with E-state index in [1.54, 1.807) is 6.92 Å². The van der Waals surface area contributed by atoms with Crippen LogP contribution in [0.5, 0.6) is 0 Å². The van der Waals surface area contributed by atoms with E-state index in [2.05, 4.69) is 32.0 Å². The SMILES string of the molecule is Cc1nc(-c2cc3ncn(-c4ccccc4)c3cc2C(C)(C)[C@@H](C)F)n(-c2c(C)cccc2C)n1. The topological polar surface area (TPSA) is 48.5 Å². The summed E-state index contributed by atoms with van der Waals surface area (Å²) in [5.74, 6) is 1.36. The third-order valence-electron chi connectivity index (χ3n) is 7.01. The average Bonchev–Trinajstić information content (AvgIpc) is 3.41. The second kappa shape index (κ2) is 8.45. The fourth-order valence-electron chi connectivity index (χ4n) is 4.67. The highest BCUT2D eigenvalue weighted by molar-refractivity contribution is 5.85. The van der Waals surface area contributed by atoms with E-state index < -0.39 is 11.6 Å². The Labute approximate surface area is 205 Å². The van der Waals surface area contributed by atoms with Crippen molar-refractivity contribution in [3.8, 4) is 22.8 Å². The van der Waals surface area contributed by atoms with E-state index >= 15 is 4.39 Å². The highest BCUT2D eigenvalue weighted by atomic mass is 19.1. The summed E-state index contributed by atoms with van der Waals surface area (Å²) in [7, 11) is 0. The van der Waals surface area contributed by atoms with Crippen LogP contribution in [0.4, 0.5) is 4.39 Å². The Balaban J connectivity index is 1.83. The molecule has 5 nitrogen and oxygen atoms in total. The zero-order valence-electron chi connectivity index (χ0n) is 21.0. The van der Waals surface area contributed by atoms with Gasteiger partial charge in [0.2, 0.25) is 0 Å². The lowest BCUT2D eigenvalue weighted by Crippen LogP contribution is -2.29. The van der Waals surface area contributed by atoms with Crippen LogP contribution in [0.15, 0.2) is 67.0 Å². The van der Waals surface area contributed by atoms with Crippen LogP contribution in [0.2, 0.25) is 0 Å². The van der Waals surface area contributed by atoms with Gasteiger partial charge >= 0.3 is 0 Å². The highest BCUT2D eigenvalue weighted by Gasteiger charge is 2.33. The molecule has 0 bridgehead atoms. The summed E-state index contributed by atoms with van der Waals surface area (Å²) in [4.78, 5) is 9.54. The van der Waals surface area contributed by atoms with Gasteiger partial charge in [-0.2, -0.15) is 5.10 Å². The van der Waals surface area contributed by atoms with Crippen molar-refractivity contribution in [3.63, 3.8) is 0 Å². The summed E-state index contributed by atoms with van der Waals surface area (Å²) in [5.41, 5.74) is 6.91. The van der Waals surface area contributed by atoms with Gasteiger partial charge in [0.25, 0.3) is 0 Å². The molecule has 0 saturated carbocycles. The van der Waals surface area contributed by atoms with Crippen LogP contribution in [-0.4, -0.2) is 30.5 Å². The molecule has 0 saturated heterocycles. The first kappa shape index (κ1) is 23.0. The number of aryl methyl sites for hydroxylation is 3. The summed E-state index contributed by atoms with van der Waals surface area (Å²) in [5, 5.41) is 4.77. The Bertz CT molecular complexity index is 1510. The first-order chi connectivity index (χ1) is 16.7. The van der Waals surface area contributed by atoms with E-state index in [-0.39, 0.29) is 0 Å². The van der Waals surface area contributed by atoms with Crippen LogP contribution >= 0.6 is 0 Å². The Morgan fingerprint density at radius 1 is 0.914 bits per heavy atom. The number of para-hydroxylation sites is 2. The fraction of sp³-hybridized carbons (Fsp3) is 0.276. The van der Waals surface area contributed by atoms with Gasteiger partial charge in [-0.25, -0.2) is 19.0 Å². The number of hydrogen-bond acceptors (Lipinski definition) is 3. The van der Waals surface area contributed by atoms with Gasteiger partial charge in [0, 0.05) is 16.7 Å². The number of fused-ring (bicyclic) bond motifs is 1. The Hall–Kier alpha value is -3.80. The largest absolute Gasteiger partial charge is 0.299 e. The smallest absolute Gasteiger partial charge is 0.163 e. The number of hydrogen-bond donors (Lipinski definition) is 0. The number of imidazole rings is 1. The quantitative estimate of drug-likeness (QED) is 0.284. The molecule has 6 heteroatoms. The average molecular weight is 468 g/mol. The summed E-state index contributed by atoms with van der Waals surface area (Å²) in [6.07, 6.45) is 0.741. The second-order valence-electron chi connectivity index (χ2n) is 9.81. The lowest BCUT2D eigenvalue weighted by Gasteiger charge is -2.29. The normalized spacial score (nSPS) is 12.9. The molecule has 1 atom stereocenters. The van der Waals surface area contributed by atoms with Gasteiger partial charge in [0.1, 0.15) is 18.3 Å². The zero-order valence-corrected chi connectivity index (χ0v) is 21.0. The van der Waals surface area contributed by atoms with E-state index in [0.29, 0.717) is 11.6 Å². The van der Waals surface area contributed by atoms with Crippen LogP contribution in [0.1, 0.15) is 43.3 Å². The van der Waals surface area contributed by atoms with Crippen LogP contribution in [-0.2, 0) is 5.41 Å². The van der Waals surface area contributed by atoms with Crippen LogP contribution in [0.25, 0.3) is 33.8 Å². The molecule has 0 spiro atoms. The number of rotatable bonds is 5. The molecule has 2 aromatic heterocycles. The van der Waals surface area contributed by atoms with Crippen molar-refractivity contribution in [3.05, 3.63) is 89.5 Å². The fourth-order valence-corrected chi connectivity index (χ4v) is 4.67. The Kier molecular flexibility index (Phi) is 5.55. The van der Waals surface area contributed by atoms with Crippen LogP contribution < -0.4 is 0 Å². The van der Waals surface area contributed by atoms with Crippen molar-refractivity contribution in [2.75, 3.05) is 0 Å². The molecule has 0 aliphatic heterocycles. The summed E-state index contributed by atoms with van der Waals surface area (Å²) < 4.78 is 19.0. The predicted octanol–water partition coefficient (Wildman–Crippen LogP) is 6.83. The minimum atomic E-state index is -1.08. The summed E-state index contributed by atoms with van der Waals surface area (Å²) in [6, 6.07) is 20.4. The predicted molar refractivity (Wildman–Crippen MR) is 139 cm³/mol. The Morgan fingerprint density at radius 2 is 1.60 bits per heavy atom. The van der Waals surface area contributed by atoms with E-state index in [1.807, 2.05) is 78.8 Å². The van der Waals surface area contributed by atoms with Gasteiger partial charge < -0.3 is 0 Å². The van der Waals surface area contributed by atoms with E-state index in [0.717, 1.165) is 44.7 Å². The first-order valence-electron chi connectivity index (χ1n) is 11.9. The maximum atomic E-state index is 15.1. The summed E-state index contributed by atoms with van der Waals surface area (Å²) in [6.45, 7) is 11.5. The number of nitrogens with zero attached hydrogens (tertiary/aromatic N) is 5. The lowest BCUT2D eigenvalue weighted by atomic mass is 9.78. The van der Waals surface area contributed by atoms with Crippen molar-refractivity contribution < 1.29 is 4.39 Å². The molecule has 2 heterocycles. The van der Waals surface area contributed by atoms with Crippen molar-refractivity contribution in [2.45, 2.75) is 53.1 Å². The molecular weight excluding hydrogens is 437 g/mol. The maximum Gasteiger partial charge on any atom is 0.163 e. The highest BCUT2D eigenvalue weighted by Crippen LogP contribution is 2.40. The second-order valence-corrected chi connectivity index (χ2v) is 9.81. The molecule has 0 aliphatic rings. The molecule has 0 amide bonds. The third kappa shape index (κ3) is 3.83. The molecule has 0 N–H and O–H groups in total. The van der Waals surface area contributed by atoms with E-state index in [9.17, 15) is 0 Å². The Morgan fingerprint density at radius 3 is 2.26 bits per heavy atom. The minimum absolute atomic E-state index is 0.662. The van der Waals surface area contributed by atoms with Crippen LogP contribution in [0, 0.1) is 20.8 Å². The van der Waals surface area contributed by atoms with Crippen molar-refractivity contribution in [2.24, 2.45) is 0 Å². The molecule has 5 aromatic rings. The number of benzene rings is 3. The molecular formula is C29H30FN5. The number of aromatic nitrogens is 5. The van der Waals surface area contributed by atoms with E-state index in [1.165, 1.54) is 0 Å². The van der Waals surface area contributed by atoms with Crippen molar-refractivity contribution in [1.82, 2.24) is 24.3 Å². The molecule has 0 aliphatic carbocycles. The van der Waals surface area contributed by atoms with Gasteiger partial charge in [-0.05, 0) is 68.7 Å². The minimum Gasteiger partial charge on any atom is -0.299 e. The van der Waals surface area contributed by atoms with Gasteiger partial charge in [-0.3, -0.25) is 4.57 Å². The van der Waals surface area contributed by atoms with Gasteiger partial charge in [0.05, 0.1) is 16.7 Å². The van der Waals surface area contributed by atoms with Gasteiger partial charge in [-0.15, -0.1) is 0 Å². The molecule has 35 heavy (non-hydrogen) atoms. The molecule has 0 radical (unpaired) electrons. The van der Waals surface area contributed by atoms with Gasteiger partial charge in [-0.1, -0.05) is 50.2 Å².